The first-order valence-electron chi connectivity index (χ1n) is 5.04. The molecule has 0 amide bonds. The van der Waals surface area contributed by atoms with E-state index in [0.717, 1.165) is 13.0 Å². The Morgan fingerprint density at radius 1 is 1.33 bits per heavy atom. The van der Waals surface area contributed by atoms with Gasteiger partial charge in [0.2, 0.25) is 0 Å². The molecule has 0 heterocycles. The molecule has 0 aliphatic carbocycles. The Bertz CT molecular complexity index is 339. The largest absolute Gasteiger partial charge is 0.273 e. The summed E-state index contributed by atoms with van der Waals surface area (Å²) in [5.41, 5.74) is -0.0515. The van der Waals surface area contributed by atoms with Crippen LogP contribution in [0, 0.1) is 5.82 Å². The van der Waals surface area contributed by atoms with Gasteiger partial charge >= 0.3 is 0 Å². The van der Waals surface area contributed by atoms with Crippen molar-refractivity contribution in [1.82, 2.24) is 0 Å². The first-order chi connectivity index (χ1) is 6.88. The molecule has 1 aromatic rings. The zero-order valence-corrected chi connectivity index (χ0v) is 9.15. The lowest BCUT2D eigenvalue weighted by Gasteiger charge is -2.20. The van der Waals surface area contributed by atoms with Crippen molar-refractivity contribution in [2.45, 2.75) is 39.0 Å². The van der Waals surface area contributed by atoms with Gasteiger partial charge in [-0.15, -0.1) is 0 Å². The first-order valence-corrected chi connectivity index (χ1v) is 5.04. The van der Waals surface area contributed by atoms with Crippen LogP contribution in [0.2, 0.25) is 0 Å². The zero-order valence-electron chi connectivity index (χ0n) is 9.15. The van der Waals surface area contributed by atoms with E-state index in [1.807, 2.05) is 13.8 Å². The predicted molar refractivity (Wildman–Crippen MR) is 54.7 cm³/mol. The van der Waals surface area contributed by atoms with Crippen molar-refractivity contribution in [3.8, 4) is 0 Å². The number of halogens is 3. The van der Waals surface area contributed by atoms with Crippen LogP contribution < -0.4 is 0 Å². The van der Waals surface area contributed by atoms with Crippen molar-refractivity contribution in [3.63, 3.8) is 0 Å². The Labute approximate surface area is 88.1 Å². The molecule has 0 bridgehead atoms. The zero-order chi connectivity index (χ0) is 11.6. The predicted octanol–water partition coefficient (Wildman–Crippen LogP) is 4.45. The number of hydrogen-bond donors (Lipinski definition) is 0. The van der Waals surface area contributed by atoms with Gasteiger partial charge in [0.25, 0.3) is 5.92 Å². The van der Waals surface area contributed by atoms with Crippen LogP contribution in [0.1, 0.15) is 44.2 Å². The Morgan fingerprint density at radius 3 is 2.40 bits per heavy atom. The second-order valence-corrected chi connectivity index (χ2v) is 3.90. The van der Waals surface area contributed by atoms with Crippen molar-refractivity contribution in [3.05, 3.63) is 35.1 Å². The van der Waals surface area contributed by atoms with E-state index in [1.54, 1.807) is 6.07 Å². The quantitative estimate of drug-likeness (QED) is 0.700. The molecule has 1 rings (SSSR count). The van der Waals surface area contributed by atoms with Gasteiger partial charge in [0, 0.05) is 6.92 Å². The fourth-order valence-corrected chi connectivity index (χ4v) is 1.63. The molecule has 0 N–H and O–H groups in total. The molecule has 15 heavy (non-hydrogen) atoms. The number of rotatable bonds is 3. The van der Waals surface area contributed by atoms with Crippen LogP contribution in [0.15, 0.2) is 18.2 Å². The molecule has 0 radical (unpaired) electrons. The van der Waals surface area contributed by atoms with E-state index in [-0.39, 0.29) is 5.92 Å². The van der Waals surface area contributed by atoms with E-state index in [2.05, 4.69) is 0 Å². The van der Waals surface area contributed by atoms with E-state index in [9.17, 15) is 13.2 Å². The summed E-state index contributed by atoms with van der Waals surface area (Å²) in [7, 11) is 0. The van der Waals surface area contributed by atoms with Crippen LogP contribution in [0.3, 0.4) is 0 Å². The Hall–Kier alpha value is -0.990. The standard InChI is InChI=1S/C12H15F3/c1-4-8(2)9-6-5-7-10(13)11(9)12(3,14)15/h5-8H,4H2,1-3H3. The Morgan fingerprint density at radius 2 is 1.93 bits per heavy atom. The van der Waals surface area contributed by atoms with Gasteiger partial charge in [0.1, 0.15) is 5.82 Å². The van der Waals surface area contributed by atoms with Crippen LogP contribution in [-0.4, -0.2) is 0 Å². The number of alkyl halides is 2. The van der Waals surface area contributed by atoms with Gasteiger partial charge in [0.05, 0.1) is 5.56 Å². The summed E-state index contributed by atoms with van der Waals surface area (Å²) in [6.07, 6.45) is 0.715. The van der Waals surface area contributed by atoms with Gasteiger partial charge in [-0.05, 0) is 24.0 Å². The van der Waals surface area contributed by atoms with Crippen molar-refractivity contribution in [1.29, 1.82) is 0 Å². The maximum absolute atomic E-state index is 13.4. The van der Waals surface area contributed by atoms with Gasteiger partial charge < -0.3 is 0 Å². The maximum atomic E-state index is 13.4. The molecular formula is C12H15F3. The van der Waals surface area contributed by atoms with Gasteiger partial charge in [-0.1, -0.05) is 26.0 Å². The molecule has 0 aliphatic rings. The third kappa shape index (κ3) is 2.52. The van der Waals surface area contributed by atoms with Crippen LogP contribution in [0.4, 0.5) is 13.2 Å². The molecule has 0 nitrogen and oxygen atoms in total. The van der Waals surface area contributed by atoms with Crippen LogP contribution in [-0.2, 0) is 5.92 Å². The molecule has 1 unspecified atom stereocenters. The second-order valence-electron chi connectivity index (χ2n) is 3.90. The van der Waals surface area contributed by atoms with E-state index < -0.39 is 17.3 Å². The third-order valence-corrected chi connectivity index (χ3v) is 2.63. The highest BCUT2D eigenvalue weighted by Gasteiger charge is 2.32. The average molecular weight is 216 g/mol. The van der Waals surface area contributed by atoms with Crippen molar-refractivity contribution < 1.29 is 13.2 Å². The van der Waals surface area contributed by atoms with Gasteiger partial charge in [0.15, 0.2) is 0 Å². The molecule has 0 saturated carbocycles. The fraction of sp³-hybridized carbons (Fsp3) is 0.500. The summed E-state index contributed by atoms with van der Waals surface area (Å²) in [6.45, 7) is 4.45. The third-order valence-electron chi connectivity index (χ3n) is 2.63. The summed E-state index contributed by atoms with van der Waals surface area (Å²) in [5, 5.41) is 0. The molecule has 84 valence electrons. The van der Waals surface area contributed by atoms with Gasteiger partial charge in [-0.3, -0.25) is 0 Å². The number of hydrogen-bond acceptors (Lipinski definition) is 0. The van der Waals surface area contributed by atoms with Crippen LogP contribution in [0.25, 0.3) is 0 Å². The lowest BCUT2D eigenvalue weighted by atomic mass is 9.91. The van der Waals surface area contributed by atoms with Crippen molar-refractivity contribution in [2.75, 3.05) is 0 Å². The van der Waals surface area contributed by atoms with E-state index in [1.165, 1.54) is 6.07 Å². The molecule has 1 aromatic carbocycles. The highest BCUT2D eigenvalue weighted by molar-refractivity contribution is 5.34. The van der Waals surface area contributed by atoms with Gasteiger partial charge in [-0.2, -0.15) is 0 Å². The average Bonchev–Trinajstić information content (AvgIpc) is 2.14. The monoisotopic (exact) mass is 216 g/mol. The topological polar surface area (TPSA) is 0 Å². The molecular weight excluding hydrogens is 201 g/mol. The smallest absolute Gasteiger partial charge is 0.206 e. The molecule has 3 heteroatoms. The lowest BCUT2D eigenvalue weighted by Crippen LogP contribution is -2.14. The van der Waals surface area contributed by atoms with E-state index in [0.29, 0.717) is 12.0 Å². The summed E-state index contributed by atoms with van der Waals surface area (Å²) >= 11 is 0. The minimum atomic E-state index is -3.12. The minimum Gasteiger partial charge on any atom is -0.206 e. The normalized spacial score (nSPS) is 14.0. The van der Waals surface area contributed by atoms with Crippen LogP contribution in [0.5, 0.6) is 0 Å². The Kier molecular flexibility index (Phi) is 3.42. The van der Waals surface area contributed by atoms with Crippen molar-refractivity contribution >= 4 is 0 Å². The first kappa shape index (κ1) is 12.1. The summed E-state index contributed by atoms with van der Waals surface area (Å²) < 4.78 is 39.8. The van der Waals surface area contributed by atoms with Crippen molar-refractivity contribution in [2.24, 2.45) is 0 Å². The van der Waals surface area contributed by atoms with E-state index in [4.69, 9.17) is 0 Å². The molecule has 1 atom stereocenters. The minimum absolute atomic E-state index is 0.0541. The highest BCUT2D eigenvalue weighted by atomic mass is 19.3. The number of benzene rings is 1. The SMILES string of the molecule is CCC(C)c1cccc(F)c1C(C)(F)F. The fourth-order valence-electron chi connectivity index (χ4n) is 1.63. The molecule has 0 spiro atoms. The highest BCUT2D eigenvalue weighted by Crippen LogP contribution is 2.36. The molecule has 0 aromatic heterocycles. The molecule has 0 aliphatic heterocycles. The lowest BCUT2D eigenvalue weighted by molar-refractivity contribution is 0.0124. The van der Waals surface area contributed by atoms with E-state index >= 15 is 0 Å². The molecule has 0 saturated heterocycles. The van der Waals surface area contributed by atoms with Gasteiger partial charge in [-0.25, -0.2) is 13.2 Å². The summed E-state index contributed by atoms with van der Waals surface area (Å²) in [6, 6.07) is 4.13. The Balaban J connectivity index is 3.33. The summed E-state index contributed by atoms with van der Waals surface area (Å²) in [5.74, 6) is -3.99. The van der Waals surface area contributed by atoms with Crippen LogP contribution >= 0.6 is 0 Å². The molecule has 0 fully saturated rings. The maximum Gasteiger partial charge on any atom is 0.273 e. The second kappa shape index (κ2) is 4.25. The summed E-state index contributed by atoms with van der Waals surface area (Å²) in [4.78, 5) is 0.